The predicted molar refractivity (Wildman–Crippen MR) is 127 cm³/mol. The van der Waals surface area contributed by atoms with Gasteiger partial charge in [0.05, 0.1) is 5.69 Å². The van der Waals surface area contributed by atoms with Crippen LogP contribution in [0, 0.1) is 11.6 Å². The molecule has 0 bridgehead atoms. The highest BCUT2D eigenvalue weighted by Gasteiger charge is 2.17. The Balaban J connectivity index is 0.00000158. The van der Waals surface area contributed by atoms with E-state index < -0.39 is 23.2 Å². The van der Waals surface area contributed by atoms with Crippen LogP contribution in [0.15, 0.2) is 77.3 Å². The van der Waals surface area contributed by atoms with Gasteiger partial charge in [0.1, 0.15) is 35.4 Å². The number of ether oxygens (including phenoxy) is 1. The third-order valence-corrected chi connectivity index (χ3v) is 4.81. The molecule has 1 N–H and O–H groups in total. The van der Waals surface area contributed by atoms with E-state index in [0.29, 0.717) is 23.0 Å². The fourth-order valence-corrected chi connectivity index (χ4v) is 3.23. The zero-order valence-electron chi connectivity index (χ0n) is 18.6. The molecule has 0 radical (unpaired) electrons. The quantitative estimate of drug-likeness (QED) is 0.305. The Morgan fingerprint density at radius 2 is 1.79 bits per heavy atom. The van der Waals surface area contributed by atoms with E-state index in [1.54, 1.807) is 30.5 Å². The van der Waals surface area contributed by atoms with Crippen molar-refractivity contribution in [3.8, 4) is 5.75 Å². The highest BCUT2D eigenvalue weighted by atomic mass is 35.5. The van der Waals surface area contributed by atoms with E-state index in [2.05, 4.69) is 10.3 Å². The maximum atomic E-state index is 13.8. The summed E-state index contributed by atoms with van der Waals surface area (Å²) in [4.78, 5) is 16.6. The second-order valence-electron chi connectivity index (χ2n) is 6.86. The molecule has 0 saturated heterocycles. The number of furan rings is 1. The van der Waals surface area contributed by atoms with Crippen LogP contribution in [-0.4, -0.2) is 10.9 Å². The van der Waals surface area contributed by atoms with E-state index in [9.17, 15) is 13.6 Å². The smallest absolute Gasteiger partial charge is 0.291 e. The number of para-hydroxylation sites is 1. The molecule has 0 aliphatic heterocycles. The van der Waals surface area contributed by atoms with Gasteiger partial charge in [0.25, 0.3) is 5.91 Å². The minimum absolute atomic E-state index is 0.0827. The average Bonchev–Trinajstić information content (AvgIpc) is 3.31. The Morgan fingerprint density at radius 1 is 1.03 bits per heavy atom. The Hall–Kier alpha value is -3.71. The van der Waals surface area contributed by atoms with Crippen LogP contribution in [0.4, 0.5) is 14.5 Å². The highest BCUT2D eigenvalue weighted by molar-refractivity contribution is 6.30. The zero-order valence-corrected chi connectivity index (χ0v) is 19.4. The molecule has 8 heteroatoms. The molecule has 34 heavy (non-hydrogen) atoms. The van der Waals surface area contributed by atoms with E-state index in [0.717, 1.165) is 23.4 Å². The van der Waals surface area contributed by atoms with Crippen molar-refractivity contribution in [1.82, 2.24) is 4.98 Å². The van der Waals surface area contributed by atoms with E-state index >= 15 is 0 Å². The number of carbonyl (C=O) groups is 1. The summed E-state index contributed by atoms with van der Waals surface area (Å²) in [6.07, 6.45) is 1.98. The lowest BCUT2D eigenvalue weighted by atomic mass is 10.1. The van der Waals surface area contributed by atoms with Gasteiger partial charge in [0.2, 0.25) is 0 Å². The Morgan fingerprint density at radius 3 is 2.50 bits per heavy atom. The first kappa shape index (κ1) is 24.9. The van der Waals surface area contributed by atoms with Crippen LogP contribution in [0.1, 0.15) is 41.4 Å². The van der Waals surface area contributed by atoms with Crippen LogP contribution < -0.4 is 10.1 Å². The molecule has 0 unspecified atom stereocenters. The number of pyridine rings is 1. The number of amides is 1. The third-order valence-electron chi connectivity index (χ3n) is 4.58. The number of aromatic nitrogens is 1. The number of halogens is 3. The molecule has 0 aliphatic rings. The van der Waals surface area contributed by atoms with E-state index in [-0.39, 0.29) is 12.4 Å². The molecule has 0 saturated carbocycles. The third kappa shape index (κ3) is 6.42. The van der Waals surface area contributed by atoms with Crippen molar-refractivity contribution >= 4 is 23.2 Å². The van der Waals surface area contributed by atoms with Gasteiger partial charge in [-0.25, -0.2) is 8.78 Å². The summed E-state index contributed by atoms with van der Waals surface area (Å²) in [6, 6.07) is 17.1. The fourth-order valence-electron chi connectivity index (χ4n) is 3.04. The van der Waals surface area contributed by atoms with Gasteiger partial charge in [-0.3, -0.25) is 9.78 Å². The number of carbonyl (C=O) groups excluding carboxylic acids is 1. The van der Waals surface area contributed by atoms with Crippen LogP contribution in [0.2, 0.25) is 5.02 Å². The van der Waals surface area contributed by atoms with Gasteiger partial charge >= 0.3 is 0 Å². The highest BCUT2D eigenvalue weighted by Crippen LogP contribution is 2.27. The van der Waals surface area contributed by atoms with Gasteiger partial charge in [-0.15, -0.1) is 0 Å². The molecule has 0 fully saturated rings. The van der Waals surface area contributed by atoms with Gasteiger partial charge in [0, 0.05) is 23.2 Å². The first-order valence-corrected chi connectivity index (χ1v) is 11.0. The monoisotopic (exact) mass is 484 g/mol. The van der Waals surface area contributed by atoms with Gasteiger partial charge in [0.15, 0.2) is 5.76 Å². The SMILES string of the molecule is CC.O=C(Nc1c(F)cccc1F)c1ccc(Cc2cc(Cl)ccc2OCc2ccccn2)o1. The van der Waals surface area contributed by atoms with Gasteiger partial charge in [-0.05, 0) is 54.6 Å². The van der Waals surface area contributed by atoms with Crippen LogP contribution in [0.3, 0.4) is 0 Å². The first-order valence-electron chi connectivity index (χ1n) is 10.6. The average molecular weight is 485 g/mol. The predicted octanol–water partition coefficient (Wildman–Crippen LogP) is 7.05. The zero-order chi connectivity index (χ0) is 24.5. The van der Waals surface area contributed by atoms with Crippen LogP contribution in [0.5, 0.6) is 5.75 Å². The van der Waals surface area contributed by atoms with Crippen molar-refractivity contribution in [1.29, 1.82) is 0 Å². The minimum atomic E-state index is -0.876. The molecule has 4 rings (SSSR count). The molecule has 2 heterocycles. The fraction of sp³-hybridized carbons (Fsp3) is 0.154. The largest absolute Gasteiger partial charge is 0.487 e. The van der Waals surface area contributed by atoms with Crippen molar-refractivity contribution < 1.29 is 22.7 Å². The molecule has 0 atom stereocenters. The molecular weight excluding hydrogens is 462 g/mol. The summed E-state index contributed by atoms with van der Waals surface area (Å²) in [6.45, 7) is 4.27. The van der Waals surface area contributed by atoms with Crippen LogP contribution in [0.25, 0.3) is 0 Å². The number of nitrogens with zero attached hydrogens (tertiary/aromatic N) is 1. The van der Waals surface area contributed by atoms with Crippen LogP contribution in [-0.2, 0) is 13.0 Å². The van der Waals surface area contributed by atoms with Crippen molar-refractivity contribution in [3.63, 3.8) is 0 Å². The number of anilines is 1. The molecule has 5 nitrogen and oxygen atoms in total. The molecular formula is C26H23ClF2N2O3. The van der Waals surface area contributed by atoms with Gasteiger partial charge < -0.3 is 14.5 Å². The second kappa shape index (κ2) is 12.0. The standard InChI is InChI=1S/C24H17ClF2N2O3.C2H6/c25-16-7-9-21(31-14-17-4-1-2-11-28-17)15(12-16)13-18-8-10-22(32-18)24(30)29-23-19(26)5-3-6-20(23)27;1-2/h1-12H,13-14H2,(H,29,30);1-2H3. The number of nitrogens with one attached hydrogen (secondary N) is 1. The first-order chi connectivity index (χ1) is 16.5. The van der Waals surface area contributed by atoms with Gasteiger partial charge in [-0.1, -0.05) is 37.6 Å². The lowest BCUT2D eigenvalue weighted by Crippen LogP contribution is -2.13. The maximum absolute atomic E-state index is 13.8. The van der Waals surface area contributed by atoms with Gasteiger partial charge in [-0.2, -0.15) is 0 Å². The molecule has 0 aliphatic carbocycles. The van der Waals surface area contributed by atoms with Crippen molar-refractivity contribution in [3.05, 3.63) is 112 Å². The number of rotatable bonds is 7. The summed E-state index contributed by atoms with van der Waals surface area (Å²) in [7, 11) is 0. The minimum Gasteiger partial charge on any atom is -0.487 e. The molecule has 0 spiro atoms. The Bertz CT molecular complexity index is 1230. The normalized spacial score (nSPS) is 10.3. The summed E-state index contributed by atoms with van der Waals surface area (Å²) in [5, 5.41) is 2.71. The number of hydrogen-bond acceptors (Lipinski definition) is 4. The second-order valence-corrected chi connectivity index (χ2v) is 7.29. The van der Waals surface area contributed by atoms with E-state index in [4.69, 9.17) is 20.8 Å². The molecule has 1 amide bonds. The Labute approximate surface area is 201 Å². The number of hydrogen-bond donors (Lipinski definition) is 1. The Kier molecular flexibility index (Phi) is 8.76. The lowest BCUT2D eigenvalue weighted by molar-refractivity contribution is 0.0994. The summed E-state index contributed by atoms with van der Waals surface area (Å²) in [5.41, 5.74) is 0.983. The summed E-state index contributed by atoms with van der Waals surface area (Å²) >= 11 is 6.14. The molecule has 4 aromatic rings. The summed E-state index contributed by atoms with van der Waals surface area (Å²) < 4.78 is 39.0. The van der Waals surface area contributed by atoms with E-state index in [1.165, 1.54) is 12.1 Å². The molecule has 2 aromatic carbocycles. The van der Waals surface area contributed by atoms with Crippen molar-refractivity contribution in [2.75, 3.05) is 5.32 Å². The van der Waals surface area contributed by atoms with E-state index in [1.807, 2.05) is 32.0 Å². The summed E-state index contributed by atoms with van der Waals surface area (Å²) in [5.74, 6) is -1.55. The lowest BCUT2D eigenvalue weighted by Gasteiger charge is -2.11. The number of benzene rings is 2. The molecule has 176 valence electrons. The topological polar surface area (TPSA) is 64.4 Å². The van der Waals surface area contributed by atoms with Crippen molar-refractivity contribution in [2.45, 2.75) is 26.9 Å². The molecule has 2 aromatic heterocycles. The van der Waals surface area contributed by atoms with Crippen molar-refractivity contribution in [2.24, 2.45) is 0 Å². The van der Waals surface area contributed by atoms with Crippen LogP contribution >= 0.6 is 11.6 Å². The maximum Gasteiger partial charge on any atom is 0.291 e.